The van der Waals surface area contributed by atoms with Gasteiger partial charge >= 0.3 is 19.5 Å². The summed E-state index contributed by atoms with van der Waals surface area (Å²) in [6.07, 6.45) is 5.11. The molecule has 9 nitrogen and oxygen atoms in total. The van der Waals surface area contributed by atoms with Crippen LogP contribution in [0.25, 0.3) is 0 Å². The number of aromatic hydroxyl groups is 1. The predicted molar refractivity (Wildman–Crippen MR) is 117 cm³/mol. The second-order valence-electron chi connectivity index (χ2n) is 7.41. The van der Waals surface area contributed by atoms with E-state index in [4.69, 9.17) is 18.5 Å². The van der Waals surface area contributed by atoms with Crippen LogP contribution in [0.3, 0.4) is 0 Å². The molecule has 0 bridgehead atoms. The van der Waals surface area contributed by atoms with Crippen molar-refractivity contribution >= 4 is 19.5 Å². The number of ether oxygens (including phenoxy) is 2. The molecular weight excluding hydrogens is 439 g/mol. The molecule has 1 aliphatic heterocycles. The Morgan fingerprint density at radius 3 is 2.50 bits per heavy atom. The van der Waals surface area contributed by atoms with E-state index < -0.39 is 25.5 Å². The Kier molecular flexibility index (Phi) is 8.66. The zero-order valence-electron chi connectivity index (χ0n) is 18.8. The van der Waals surface area contributed by atoms with Crippen LogP contribution >= 0.6 is 7.60 Å². The Morgan fingerprint density at radius 1 is 1.28 bits per heavy atom. The zero-order valence-corrected chi connectivity index (χ0v) is 19.7. The molecule has 0 aromatic heterocycles. The molecule has 1 aliphatic rings. The molecule has 0 amide bonds. The quantitative estimate of drug-likeness (QED) is 0.281. The minimum absolute atomic E-state index is 0.0396. The highest BCUT2D eigenvalue weighted by Gasteiger charge is 2.32. The third-order valence-corrected chi connectivity index (χ3v) is 7.19. The summed E-state index contributed by atoms with van der Waals surface area (Å²) in [4.78, 5) is 23.7. The van der Waals surface area contributed by atoms with Crippen LogP contribution in [-0.2, 0) is 36.2 Å². The molecule has 0 saturated carbocycles. The maximum Gasteiger partial charge on any atom is 0.342 e. The topological polar surface area (TPSA) is 129 Å². The van der Waals surface area contributed by atoms with Gasteiger partial charge in [-0.25, -0.2) is 4.79 Å². The average molecular weight is 468 g/mol. The highest BCUT2D eigenvalue weighted by Crippen LogP contribution is 2.46. The third-order valence-electron chi connectivity index (χ3n) is 5.42. The number of rotatable bonds is 11. The predicted octanol–water partition coefficient (Wildman–Crippen LogP) is 4.00. The van der Waals surface area contributed by atoms with Crippen molar-refractivity contribution in [3.63, 3.8) is 0 Å². The maximum atomic E-state index is 12.1. The molecule has 0 fully saturated rings. The van der Waals surface area contributed by atoms with Crippen molar-refractivity contribution in [2.45, 2.75) is 33.3 Å². The van der Waals surface area contributed by atoms with Gasteiger partial charge in [-0.15, -0.1) is 0 Å². The molecule has 0 saturated heterocycles. The summed E-state index contributed by atoms with van der Waals surface area (Å²) in [6.45, 7) is 3.66. The van der Waals surface area contributed by atoms with Gasteiger partial charge in [-0.05, 0) is 32.3 Å². The molecule has 1 aromatic carbocycles. The number of fused-ring (bicyclic) bond motifs is 1. The van der Waals surface area contributed by atoms with Gasteiger partial charge in [0.2, 0.25) is 0 Å². The molecule has 1 heterocycles. The Hall–Kier alpha value is -2.61. The number of cyclic esters (lactones) is 1. The Labute approximate surface area is 187 Å². The van der Waals surface area contributed by atoms with Crippen LogP contribution in [0.4, 0.5) is 0 Å². The second-order valence-corrected chi connectivity index (χ2v) is 9.72. The summed E-state index contributed by atoms with van der Waals surface area (Å²) in [5.74, 6) is -2.17. The van der Waals surface area contributed by atoms with E-state index >= 15 is 0 Å². The summed E-state index contributed by atoms with van der Waals surface area (Å²) in [5, 5.41) is 20.2. The first kappa shape index (κ1) is 25.6. The SMILES string of the molecule is COc1c(C)c2c(c(O)c1C/C=C(\C)CC(/C=C/CP(=O)(OC)OC)C(=O)O)C(=O)OC2. The largest absolute Gasteiger partial charge is 0.507 e. The number of hydrogen-bond acceptors (Lipinski definition) is 8. The number of methoxy groups -OCH3 is 1. The summed E-state index contributed by atoms with van der Waals surface area (Å²) in [5.41, 5.74) is 2.67. The van der Waals surface area contributed by atoms with Crippen molar-refractivity contribution in [3.8, 4) is 11.5 Å². The number of carbonyl (C=O) groups excluding carboxylic acids is 1. The molecule has 0 aliphatic carbocycles. The molecule has 2 N–H and O–H groups in total. The van der Waals surface area contributed by atoms with E-state index in [9.17, 15) is 24.4 Å². The zero-order chi connectivity index (χ0) is 24.1. The van der Waals surface area contributed by atoms with E-state index in [-0.39, 0.29) is 36.9 Å². The van der Waals surface area contributed by atoms with Gasteiger partial charge in [0.15, 0.2) is 0 Å². The first-order valence-electron chi connectivity index (χ1n) is 9.92. The van der Waals surface area contributed by atoms with Crippen LogP contribution in [0.15, 0.2) is 23.8 Å². The summed E-state index contributed by atoms with van der Waals surface area (Å²) < 4.78 is 32.3. The van der Waals surface area contributed by atoms with Gasteiger partial charge in [0, 0.05) is 25.3 Å². The molecule has 176 valence electrons. The maximum absolute atomic E-state index is 12.1. The van der Waals surface area contributed by atoms with E-state index in [0.717, 1.165) is 11.1 Å². The number of benzene rings is 1. The summed E-state index contributed by atoms with van der Waals surface area (Å²) >= 11 is 0. The first-order valence-corrected chi connectivity index (χ1v) is 11.6. The lowest BCUT2D eigenvalue weighted by Crippen LogP contribution is -2.11. The number of phenolic OH excluding ortho intramolecular Hbond substituents is 1. The van der Waals surface area contributed by atoms with Gasteiger partial charge in [0.1, 0.15) is 23.7 Å². The Bertz CT molecular complexity index is 986. The van der Waals surface area contributed by atoms with Crippen LogP contribution in [0.2, 0.25) is 0 Å². The summed E-state index contributed by atoms with van der Waals surface area (Å²) in [7, 11) is 0.757. The molecule has 2 rings (SSSR count). The number of phenols is 1. The van der Waals surface area contributed by atoms with Gasteiger partial charge in [-0.3, -0.25) is 9.36 Å². The van der Waals surface area contributed by atoms with Gasteiger partial charge in [-0.1, -0.05) is 23.8 Å². The normalized spacial score (nSPS) is 15.0. The van der Waals surface area contributed by atoms with Crippen LogP contribution in [-0.4, -0.2) is 49.6 Å². The van der Waals surface area contributed by atoms with Gasteiger partial charge in [-0.2, -0.15) is 0 Å². The smallest absolute Gasteiger partial charge is 0.342 e. The van der Waals surface area contributed by atoms with E-state index in [2.05, 4.69) is 0 Å². The fourth-order valence-corrected chi connectivity index (χ4v) is 4.38. The molecule has 10 heteroatoms. The van der Waals surface area contributed by atoms with Crippen molar-refractivity contribution in [2.75, 3.05) is 27.5 Å². The van der Waals surface area contributed by atoms with Crippen LogP contribution < -0.4 is 4.74 Å². The number of carbonyl (C=O) groups is 2. The number of aliphatic carboxylic acids is 1. The number of carboxylic acid groups (broad SMARTS) is 1. The van der Waals surface area contributed by atoms with Crippen molar-refractivity contribution in [1.82, 2.24) is 0 Å². The van der Waals surface area contributed by atoms with Crippen molar-refractivity contribution in [3.05, 3.63) is 46.1 Å². The Balaban J connectivity index is 2.22. The molecule has 1 atom stereocenters. The van der Waals surface area contributed by atoms with E-state index in [1.54, 1.807) is 19.9 Å². The van der Waals surface area contributed by atoms with Gasteiger partial charge < -0.3 is 28.7 Å². The standard InChI is InChI=1S/C22H29O9P/c1-13(11-15(21(24)25)7-6-10-32(27,29-4)30-5)8-9-16-19(23)18-17(12-31-22(18)26)14(2)20(16)28-3/h6-8,15,23H,9-12H2,1-5H3,(H,24,25)/b7-6+,13-8+. The molecule has 0 radical (unpaired) electrons. The van der Waals surface area contributed by atoms with Crippen LogP contribution in [0.5, 0.6) is 11.5 Å². The number of esters is 1. The van der Waals surface area contributed by atoms with E-state index in [0.29, 0.717) is 16.9 Å². The molecule has 1 aromatic rings. The van der Waals surface area contributed by atoms with Gasteiger partial charge in [0.25, 0.3) is 0 Å². The first-order chi connectivity index (χ1) is 15.1. The fraction of sp³-hybridized carbons (Fsp3) is 0.455. The second kappa shape index (κ2) is 10.8. The van der Waals surface area contributed by atoms with Crippen molar-refractivity contribution in [1.29, 1.82) is 0 Å². The van der Waals surface area contributed by atoms with Crippen LogP contribution in [0.1, 0.15) is 40.4 Å². The monoisotopic (exact) mass is 468 g/mol. The molecule has 0 spiro atoms. The minimum Gasteiger partial charge on any atom is -0.507 e. The lowest BCUT2D eigenvalue weighted by atomic mass is 9.93. The average Bonchev–Trinajstić information content (AvgIpc) is 3.16. The molecular formula is C22H29O9P. The highest BCUT2D eigenvalue weighted by molar-refractivity contribution is 7.54. The lowest BCUT2D eigenvalue weighted by Gasteiger charge is -2.16. The van der Waals surface area contributed by atoms with Gasteiger partial charge in [0.05, 0.1) is 19.2 Å². The third kappa shape index (κ3) is 5.59. The Morgan fingerprint density at radius 2 is 1.94 bits per heavy atom. The minimum atomic E-state index is -3.26. The molecule has 1 unspecified atom stereocenters. The van der Waals surface area contributed by atoms with E-state index in [1.807, 2.05) is 0 Å². The summed E-state index contributed by atoms with van der Waals surface area (Å²) in [6, 6.07) is 0. The van der Waals surface area contributed by atoms with E-state index in [1.165, 1.54) is 33.5 Å². The lowest BCUT2D eigenvalue weighted by molar-refractivity contribution is -0.140. The molecule has 32 heavy (non-hydrogen) atoms. The number of hydrogen-bond donors (Lipinski definition) is 2. The van der Waals surface area contributed by atoms with Crippen LogP contribution in [0, 0.1) is 12.8 Å². The van der Waals surface area contributed by atoms with Crippen molar-refractivity contribution < 1.29 is 42.9 Å². The fourth-order valence-electron chi connectivity index (χ4n) is 3.55. The number of allylic oxidation sites excluding steroid dienone is 3. The number of carboxylic acids is 1. The highest BCUT2D eigenvalue weighted by atomic mass is 31.2. The van der Waals surface area contributed by atoms with Crippen molar-refractivity contribution in [2.24, 2.45) is 5.92 Å².